The number of hydrogen-bond donors (Lipinski definition) is 1. The van der Waals surface area contributed by atoms with Gasteiger partial charge in [-0.3, -0.25) is 4.79 Å². The molecule has 1 unspecified atom stereocenters. The summed E-state index contributed by atoms with van der Waals surface area (Å²) in [7, 11) is 4.65. The van der Waals surface area contributed by atoms with Gasteiger partial charge in [0.2, 0.25) is 5.91 Å². The number of hydrogen-bond acceptors (Lipinski definition) is 5. The molecule has 1 heterocycles. The first-order valence-corrected chi connectivity index (χ1v) is 6.84. The van der Waals surface area contributed by atoms with Gasteiger partial charge in [0.15, 0.2) is 0 Å². The third kappa shape index (κ3) is 3.26. The molecule has 6 heteroatoms. The van der Waals surface area contributed by atoms with E-state index >= 15 is 0 Å². The van der Waals surface area contributed by atoms with E-state index in [0.717, 1.165) is 19.4 Å². The van der Waals surface area contributed by atoms with Crippen molar-refractivity contribution in [3.8, 4) is 5.75 Å². The molecule has 1 aromatic carbocycles. The molecule has 1 saturated heterocycles. The van der Waals surface area contributed by atoms with Crippen molar-refractivity contribution in [1.82, 2.24) is 4.90 Å². The monoisotopic (exact) mass is 292 g/mol. The van der Waals surface area contributed by atoms with Crippen LogP contribution in [0.4, 0.5) is 5.69 Å². The van der Waals surface area contributed by atoms with Gasteiger partial charge in [0.05, 0.1) is 25.5 Å². The fourth-order valence-corrected chi connectivity index (χ4v) is 2.41. The van der Waals surface area contributed by atoms with E-state index in [9.17, 15) is 9.59 Å². The fourth-order valence-electron chi connectivity index (χ4n) is 2.41. The van der Waals surface area contributed by atoms with E-state index in [1.807, 2.05) is 0 Å². The third-order valence-electron chi connectivity index (χ3n) is 3.61. The predicted octanol–water partition coefficient (Wildman–Crippen LogP) is 1.51. The van der Waals surface area contributed by atoms with Gasteiger partial charge in [0.1, 0.15) is 11.8 Å². The number of anilines is 1. The standard InChI is InChI=1S/C15H20N2O4/c1-17-8-4-5-12(14(17)18)16-11-7-6-10(15(19)21-3)9-13(11)20-2/h6-7,9,12,16H,4-5,8H2,1-3H3. The first-order valence-electron chi connectivity index (χ1n) is 6.84. The number of nitrogens with one attached hydrogen (secondary N) is 1. The summed E-state index contributed by atoms with van der Waals surface area (Å²) in [6.45, 7) is 0.787. The molecule has 1 atom stereocenters. The average Bonchev–Trinajstić information content (AvgIpc) is 2.51. The van der Waals surface area contributed by atoms with Crippen molar-refractivity contribution in [2.45, 2.75) is 18.9 Å². The minimum Gasteiger partial charge on any atom is -0.495 e. The number of esters is 1. The number of amides is 1. The molecule has 0 saturated carbocycles. The summed E-state index contributed by atoms with van der Waals surface area (Å²) in [5.74, 6) is 0.160. The minimum atomic E-state index is -0.423. The van der Waals surface area contributed by atoms with Gasteiger partial charge in [0, 0.05) is 13.6 Å². The van der Waals surface area contributed by atoms with Crippen LogP contribution in [-0.2, 0) is 9.53 Å². The number of carbonyl (C=O) groups is 2. The van der Waals surface area contributed by atoms with E-state index in [1.54, 1.807) is 30.1 Å². The van der Waals surface area contributed by atoms with Crippen LogP contribution in [0.1, 0.15) is 23.2 Å². The molecule has 21 heavy (non-hydrogen) atoms. The van der Waals surface area contributed by atoms with Crippen LogP contribution in [0.25, 0.3) is 0 Å². The van der Waals surface area contributed by atoms with Crippen molar-refractivity contribution >= 4 is 17.6 Å². The molecule has 0 bridgehead atoms. The van der Waals surface area contributed by atoms with E-state index in [-0.39, 0.29) is 11.9 Å². The van der Waals surface area contributed by atoms with Gasteiger partial charge in [-0.25, -0.2) is 4.79 Å². The smallest absolute Gasteiger partial charge is 0.337 e. The Morgan fingerprint density at radius 1 is 1.38 bits per heavy atom. The Hall–Kier alpha value is -2.24. The average molecular weight is 292 g/mol. The summed E-state index contributed by atoms with van der Waals surface area (Å²) >= 11 is 0. The lowest BCUT2D eigenvalue weighted by atomic mass is 10.0. The normalized spacial score (nSPS) is 18.3. The van der Waals surface area contributed by atoms with E-state index in [2.05, 4.69) is 10.1 Å². The molecule has 6 nitrogen and oxygen atoms in total. The number of likely N-dealkylation sites (tertiary alicyclic amines) is 1. The van der Waals surface area contributed by atoms with Crippen LogP contribution in [0.3, 0.4) is 0 Å². The highest BCUT2D eigenvalue weighted by Gasteiger charge is 2.27. The van der Waals surface area contributed by atoms with Gasteiger partial charge in [-0.2, -0.15) is 0 Å². The molecule has 1 aliphatic rings. The zero-order chi connectivity index (χ0) is 15.4. The predicted molar refractivity (Wildman–Crippen MR) is 78.6 cm³/mol. The van der Waals surface area contributed by atoms with Crippen LogP contribution < -0.4 is 10.1 Å². The van der Waals surface area contributed by atoms with Crippen LogP contribution in [-0.4, -0.2) is 50.6 Å². The molecule has 1 fully saturated rings. The highest BCUT2D eigenvalue weighted by Crippen LogP contribution is 2.28. The Morgan fingerprint density at radius 3 is 2.81 bits per heavy atom. The maximum absolute atomic E-state index is 12.1. The number of carbonyl (C=O) groups excluding carboxylic acids is 2. The van der Waals surface area contributed by atoms with Crippen molar-refractivity contribution in [3.05, 3.63) is 23.8 Å². The van der Waals surface area contributed by atoms with Gasteiger partial charge in [0.25, 0.3) is 0 Å². The Labute approximate surface area is 124 Å². The van der Waals surface area contributed by atoms with Crippen LogP contribution >= 0.6 is 0 Å². The summed E-state index contributed by atoms with van der Waals surface area (Å²) in [5.41, 5.74) is 1.10. The van der Waals surface area contributed by atoms with Gasteiger partial charge >= 0.3 is 5.97 Å². The maximum Gasteiger partial charge on any atom is 0.337 e. The highest BCUT2D eigenvalue weighted by atomic mass is 16.5. The van der Waals surface area contributed by atoms with Gasteiger partial charge in [-0.05, 0) is 31.0 Å². The molecule has 1 N–H and O–H groups in total. The Kier molecular flexibility index (Phi) is 4.67. The zero-order valence-corrected chi connectivity index (χ0v) is 12.5. The molecule has 1 aliphatic heterocycles. The SMILES string of the molecule is COC(=O)c1ccc(NC2CCCN(C)C2=O)c(OC)c1. The fraction of sp³-hybridized carbons (Fsp3) is 0.467. The number of likely N-dealkylation sites (N-methyl/N-ethyl adjacent to an activating group) is 1. The lowest BCUT2D eigenvalue weighted by Crippen LogP contribution is -2.45. The lowest BCUT2D eigenvalue weighted by molar-refractivity contribution is -0.132. The minimum absolute atomic E-state index is 0.0698. The van der Waals surface area contributed by atoms with Crippen LogP contribution in [0.2, 0.25) is 0 Å². The Morgan fingerprint density at radius 2 is 2.14 bits per heavy atom. The zero-order valence-electron chi connectivity index (χ0n) is 12.5. The van der Waals surface area contributed by atoms with Crippen molar-refractivity contribution in [2.75, 3.05) is 33.1 Å². The van der Waals surface area contributed by atoms with E-state index in [4.69, 9.17) is 4.74 Å². The Bertz CT molecular complexity index is 544. The Balaban J connectivity index is 2.19. The van der Waals surface area contributed by atoms with Crippen LogP contribution in [0.15, 0.2) is 18.2 Å². The van der Waals surface area contributed by atoms with Crippen molar-refractivity contribution < 1.29 is 19.1 Å². The van der Waals surface area contributed by atoms with Gasteiger partial charge < -0.3 is 19.7 Å². The summed E-state index contributed by atoms with van der Waals surface area (Å²) < 4.78 is 9.97. The number of rotatable bonds is 4. The maximum atomic E-state index is 12.1. The molecule has 0 aromatic heterocycles. The topological polar surface area (TPSA) is 67.9 Å². The molecule has 0 spiro atoms. The molecule has 0 aliphatic carbocycles. The summed E-state index contributed by atoms with van der Waals surface area (Å²) in [6.07, 6.45) is 1.74. The first-order chi connectivity index (χ1) is 10.1. The first kappa shape index (κ1) is 15.2. The molecule has 1 aromatic rings. The molecule has 114 valence electrons. The molecule has 2 rings (SSSR count). The summed E-state index contributed by atoms with van der Waals surface area (Å²) in [5, 5.41) is 3.20. The molecule has 0 radical (unpaired) electrons. The van der Waals surface area contributed by atoms with Crippen LogP contribution in [0.5, 0.6) is 5.75 Å². The number of ether oxygens (including phenoxy) is 2. The third-order valence-corrected chi connectivity index (χ3v) is 3.61. The van der Waals surface area contributed by atoms with Crippen molar-refractivity contribution in [2.24, 2.45) is 0 Å². The second kappa shape index (κ2) is 6.47. The number of benzene rings is 1. The van der Waals surface area contributed by atoms with E-state index in [0.29, 0.717) is 17.0 Å². The van der Waals surface area contributed by atoms with Gasteiger partial charge in [-0.15, -0.1) is 0 Å². The number of methoxy groups -OCH3 is 2. The number of piperidine rings is 1. The summed E-state index contributed by atoms with van der Waals surface area (Å²) in [6, 6.07) is 4.72. The largest absolute Gasteiger partial charge is 0.495 e. The van der Waals surface area contributed by atoms with Crippen LogP contribution in [0, 0.1) is 0 Å². The van der Waals surface area contributed by atoms with Gasteiger partial charge in [-0.1, -0.05) is 0 Å². The molecular weight excluding hydrogens is 272 g/mol. The number of nitrogens with zero attached hydrogens (tertiary/aromatic N) is 1. The van der Waals surface area contributed by atoms with Crippen molar-refractivity contribution in [3.63, 3.8) is 0 Å². The van der Waals surface area contributed by atoms with Crippen molar-refractivity contribution in [1.29, 1.82) is 0 Å². The lowest BCUT2D eigenvalue weighted by Gasteiger charge is -2.30. The molecule has 1 amide bonds. The van der Waals surface area contributed by atoms with E-state index in [1.165, 1.54) is 14.2 Å². The second-order valence-corrected chi connectivity index (χ2v) is 5.01. The quantitative estimate of drug-likeness (QED) is 0.852. The summed E-state index contributed by atoms with van der Waals surface area (Å²) in [4.78, 5) is 25.3. The highest BCUT2D eigenvalue weighted by molar-refractivity contribution is 5.91. The molecular formula is C15H20N2O4. The second-order valence-electron chi connectivity index (χ2n) is 5.01. The van der Waals surface area contributed by atoms with E-state index < -0.39 is 5.97 Å².